The summed E-state index contributed by atoms with van der Waals surface area (Å²) in [5, 5.41) is 1.98. The van der Waals surface area contributed by atoms with Crippen molar-refractivity contribution < 1.29 is 8.42 Å². The van der Waals surface area contributed by atoms with Gasteiger partial charge in [0, 0.05) is 31.1 Å². The molecule has 1 aromatic heterocycles. The third-order valence-corrected chi connectivity index (χ3v) is 5.90. The van der Waals surface area contributed by atoms with Crippen molar-refractivity contribution in [2.45, 2.75) is 26.3 Å². The second kappa shape index (κ2) is 5.48. The molecule has 1 fully saturated rings. The third kappa shape index (κ3) is 2.88. The van der Waals surface area contributed by atoms with Crippen LogP contribution in [0.2, 0.25) is 0 Å². The highest BCUT2D eigenvalue weighted by molar-refractivity contribution is 7.86. The molecule has 0 saturated carbocycles. The quantitative estimate of drug-likeness (QED) is 0.823. The first-order chi connectivity index (χ1) is 8.14. The molecule has 0 aromatic carbocycles. The summed E-state index contributed by atoms with van der Waals surface area (Å²) < 4.78 is 27.9. The van der Waals surface area contributed by atoms with Gasteiger partial charge in [0.2, 0.25) is 0 Å². The monoisotopic (exact) mass is 274 g/mol. The number of thiophene rings is 1. The van der Waals surface area contributed by atoms with E-state index in [1.807, 2.05) is 24.4 Å². The lowest BCUT2D eigenvalue weighted by molar-refractivity contribution is 0.367. The van der Waals surface area contributed by atoms with E-state index >= 15 is 0 Å². The van der Waals surface area contributed by atoms with Crippen molar-refractivity contribution in [1.82, 2.24) is 8.61 Å². The molecule has 4 nitrogen and oxygen atoms in total. The zero-order valence-electron chi connectivity index (χ0n) is 10.0. The highest BCUT2D eigenvalue weighted by Gasteiger charge is 2.30. The van der Waals surface area contributed by atoms with Gasteiger partial charge in [-0.05, 0) is 24.3 Å². The molecule has 0 N–H and O–H groups in total. The zero-order valence-corrected chi connectivity index (χ0v) is 11.6. The van der Waals surface area contributed by atoms with Gasteiger partial charge in [0.1, 0.15) is 0 Å². The van der Waals surface area contributed by atoms with Crippen molar-refractivity contribution in [2.75, 3.05) is 19.6 Å². The normalized spacial score (nSPS) is 18.0. The molecule has 1 aromatic rings. The lowest BCUT2D eigenvalue weighted by Gasteiger charge is -2.25. The fourth-order valence-corrected chi connectivity index (χ4v) is 4.49. The first-order valence-corrected chi connectivity index (χ1v) is 8.20. The van der Waals surface area contributed by atoms with Gasteiger partial charge in [-0.2, -0.15) is 17.0 Å². The van der Waals surface area contributed by atoms with Gasteiger partial charge in [-0.15, -0.1) is 11.3 Å². The molecule has 17 heavy (non-hydrogen) atoms. The molecule has 96 valence electrons. The molecule has 6 heteroatoms. The van der Waals surface area contributed by atoms with Gasteiger partial charge < -0.3 is 0 Å². The molecular weight excluding hydrogens is 256 g/mol. The second-order valence-electron chi connectivity index (χ2n) is 4.12. The van der Waals surface area contributed by atoms with Crippen LogP contribution in [0.1, 0.15) is 24.6 Å². The van der Waals surface area contributed by atoms with E-state index in [-0.39, 0.29) is 0 Å². The summed E-state index contributed by atoms with van der Waals surface area (Å²) in [5.41, 5.74) is 0. The van der Waals surface area contributed by atoms with Crippen LogP contribution in [0.25, 0.3) is 0 Å². The molecule has 0 amide bonds. The lowest BCUT2D eigenvalue weighted by Crippen LogP contribution is -2.41. The first-order valence-electron chi connectivity index (χ1n) is 5.92. The molecule has 2 heterocycles. The van der Waals surface area contributed by atoms with Gasteiger partial charge in [0.25, 0.3) is 10.2 Å². The standard InChI is InChI=1S/C11H18N2O2S2/c1-2-12(10-11-6-5-9-16-11)17(14,15)13-7-3-4-8-13/h5-6,9H,2-4,7-8,10H2,1H3. The maximum Gasteiger partial charge on any atom is 0.282 e. The fourth-order valence-electron chi connectivity index (χ4n) is 2.02. The van der Waals surface area contributed by atoms with Crippen LogP contribution >= 0.6 is 11.3 Å². The SMILES string of the molecule is CCN(Cc1cccs1)S(=O)(=O)N1CCCC1. The van der Waals surface area contributed by atoms with E-state index < -0.39 is 10.2 Å². The molecule has 0 aliphatic carbocycles. The van der Waals surface area contributed by atoms with Gasteiger partial charge in [-0.1, -0.05) is 13.0 Å². The smallest absolute Gasteiger partial charge is 0.195 e. The van der Waals surface area contributed by atoms with E-state index in [4.69, 9.17) is 0 Å². The maximum absolute atomic E-state index is 12.3. The Hall–Kier alpha value is -0.430. The highest BCUT2D eigenvalue weighted by Crippen LogP contribution is 2.20. The molecule has 2 rings (SSSR count). The largest absolute Gasteiger partial charge is 0.282 e. The molecule has 0 atom stereocenters. The van der Waals surface area contributed by atoms with E-state index in [0.29, 0.717) is 26.2 Å². The van der Waals surface area contributed by atoms with Crippen LogP contribution in [0.3, 0.4) is 0 Å². The Kier molecular flexibility index (Phi) is 4.19. The van der Waals surface area contributed by atoms with Crippen molar-refractivity contribution in [1.29, 1.82) is 0 Å². The number of nitrogens with zero attached hydrogens (tertiary/aromatic N) is 2. The summed E-state index contributed by atoms with van der Waals surface area (Å²) in [7, 11) is -3.25. The summed E-state index contributed by atoms with van der Waals surface area (Å²) in [4.78, 5) is 1.09. The Balaban J connectivity index is 2.11. The van der Waals surface area contributed by atoms with Crippen molar-refractivity contribution in [3.8, 4) is 0 Å². The number of hydrogen-bond donors (Lipinski definition) is 0. The molecule has 0 spiro atoms. The van der Waals surface area contributed by atoms with E-state index in [2.05, 4.69) is 0 Å². The lowest BCUT2D eigenvalue weighted by atomic mass is 10.4. The predicted molar refractivity (Wildman–Crippen MR) is 70.1 cm³/mol. The Bertz CT molecular complexity index is 436. The number of rotatable bonds is 5. The second-order valence-corrected chi connectivity index (χ2v) is 7.08. The summed E-state index contributed by atoms with van der Waals surface area (Å²) in [5.74, 6) is 0. The number of hydrogen-bond acceptors (Lipinski definition) is 3. The van der Waals surface area contributed by atoms with Crippen LogP contribution in [0.5, 0.6) is 0 Å². The molecular formula is C11H18N2O2S2. The average molecular weight is 274 g/mol. The Labute approximate surface area is 107 Å². The van der Waals surface area contributed by atoms with Crippen LogP contribution in [0.4, 0.5) is 0 Å². The predicted octanol–water partition coefficient (Wildman–Crippen LogP) is 1.91. The summed E-state index contributed by atoms with van der Waals surface area (Å²) in [6.07, 6.45) is 1.96. The van der Waals surface area contributed by atoms with E-state index in [1.54, 1.807) is 19.9 Å². The van der Waals surface area contributed by atoms with Crippen LogP contribution in [-0.4, -0.2) is 36.7 Å². The third-order valence-electron chi connectivity index (χ3n) is 2.98. The van der Waals surface area contributed by atoms with Crippen molar-refractivity contribution in [2.24, 2.45) is 0 Å². The summed E-state index contributed by atoms with van der Waals surface area (Å²) in [6.45, 7) is 4.25. The molecule has 0 radical (unpaired) electrons. The summed E-state index contributed by atoms with van der Waals surface area (Å²) >= 11 is 1.60. The average Bonchev–Trinajstić information content (AvgIpc) is 2.98. The maximum atomic E-state index is 12.3. The van der Waals surface area contributed by atoms with Crippen LogP contribution < -0.4 is 0 Å². The molecule has 0 unspecified atom stereocenters. The van der Waals surface area contributed by atoms with Gasteiger partial charge in [0.15, 0.2) is 0 Å². The van der Waals surface area contributed by atoms with Crippen molar-refractivity contribution >= 4 is 21.5 Å². The molecule has 0 bridgehead atoms. The van der Waals surface area contributed by atoms with Crippen LogP contribution in [-0.2, 0) is 16.8 Å². The minimum Gasteiger partial charge on any atom is -0.195 e. The van der Waals surface area contributed by atoms with Gasteiger partial charge in [0.05, 0.1) is 0 Å². The van der Waals surface area contributed by atoms with E-state index in [1.165, 1.54) is 0 Å². The van der Waals surface area contributed by atoms with Gasteiger partial charge in [-0.25, -0.2) is 0 Å². The molecule has 1 aliphatic rings. The van der Waals surface area contributed by atoms with E-state index in [9.17, 15) is 8.42 Å². The van der Waals surface area contributed by atoms with Crippen molar-refractivity contribution in [3.05, 3.63) is 22.4 Å². The van der Waals surface area contributed by atoms with Crippen molar-refractivity contribution in [3.63, 3.8) is 0 Å². The highest BCUT2D eigenvalue weighted by atomic mass is 32.2. The van der Waals surface area contributed by atoms with Crippen LogP contribution in [0, 0.1) is 0 Å². The fraction of sp³-hybridized carbons (Fsp3) is 0.636. The van der Waals surface area contributed by atoms with Crippen LogP contribution in [0.15, 0.2) is 17.5 Å². The zero-order chi connectivity index (χ0) is 12.3. The minimum atomic E-state index is -3.25. The van der Waals surface area contributed by atoms with Gasteiger partial charge in [-0.3, -0.25) is 0 Å². The first kappa shape index (κ1) is 13.0. The summed E-state index contributed by atoms with van der Waals surface area (Å²) in [6, 6.07) is 3.93. The van der Waals surface area contributed by atoms with E-state index in [0.717, 1.165) is 17.7 Å². The van der Waals surface area contributed by atoms with Gasteiger partial charge >= 0.3 is 0 Å². The molecule has 1 saturated heterocycles. The Morgan fingerprint density at radius 1 is 1.41 bits per heavy atom. The minimum absolute atomic E-state index is 0.493. The Morgan fingerprint density at radius 3 is 2.65 bits per heavy atom. The molecule has 1 aliphatic heterocycles. The Morgan fingerprint density at radius 2 is 2.12 bits per heavy atom. The topological polar surface area (TPSA) is 40.6 Å².